The molecule has 2 aromatic carbocycles. The summed E-state index contributed by atoms with van der Waals surface area (Å²) < 4.78 is 85.2. The first-order chi connectivity index (χ1) is 19.5. The number of amides is 2. The van der Waals surface area contributed by atoms with Crippen LogP contribution in [0.2, 0.25) is 0 Å². The quantitative estimate of drug-likeness (QED) is 0.285. The van der Waals surface area contributed by atoms with E-state index in [9.17, 15) is 31.1 Å². The van der Waals surface area contributed by atoms with Crippen molar-refractivity contribution in [1.82, 2.24) is 14.7 Å². The van der Waals surface area contributed by atoms with Gasteiger partial charge in [-0.1, -0.05) is 30.3 Å². The summed E-state index contributed by atoms with van der Waals surface area (Å²) in [7, 11) is 0. The Bertz CT molecular complexity index is 1440. The largest absolute Gasteiger partial charge is 0.416 e. The van der Waals surface area contributed by atoms with E-state index < -0.39 is 36.1 Å². The maximum absolute atomic E-state index is 14.6. The Morgan fingerprint density at radius 1 is 0.976 bits per heavy atom. The van der Waals surface area contributed by atoms with Crippen molar-refractivity contribution in [2.45, 2.75) is 69.9 Å². The van der Waals surface area contributed by atoms with Crippen LogP contribution in [0.25, 0.3) is 0 Å². The average Bonchev–Trinajstić information content (AvgIpc) is 3.69. The van der Waals surface area contributed by atoms with Crippen molar-refractivity contribution in [1.29, 1.82) is 0 Å². The van der Waals surface area contributed by atoms with Gasteiger partial charge in [0, 0.05) is 36.5 Å². The van der Waals surface area contributed by atoms with E-state index in [2.05, 4.69) is 5.10 Å². The van der Waals surface area contributed by atoms with Gasteiger partial charge >= 0.3 is 12.2 Å². The normalized spacial score (nSPS) is 20.2. The van der Waals surface area contributed by atoms with Crippen molar-refractivity contribution in [3.05, 3.63) is 76.7 Å². The van der Waals surface area contributed by atoms with Gasteiger partial charge in [-0.2, -0.15) is 18.3 Å². The van der Waals surface area contributed by atoms with Gasteiger partial charge in [0.2, 0.25) is 0 Å². The number of urea groups is 1. The molecule has 1 unspecified atom stereocenters. The summed E-state index contributed by atoms with van der Waals surface area (Å²) in [6, 6.07) is 7.82. The summed E-state index contributed by atoms with van der Waals surface area (Å²) in [4.78, 5) is 18.6. The summed E-state index contributed by atoms with van der Waals surface area (Å²) in [6.07, 6.45) is -2.90. The lowest BCUT2D eigenvalue weighted by molar-refractivity contribution is -0.138. The van der Waals surface area contributed by atoms with E-state index >= 15 is 0 Å². The van der Waals surface area contributed by atoms with Gasteiger partial charge in [-0.15, -0.1) is 0 Å². The Morgan fingerprint density at radius 3 is 2.34 bits per heavy atom. The van der Waals surface area contributed by atoms with Crippen LogP contribution in [0.5, 0.6) is 0 Å². The summed E-state index contributed by atoms with van der Waals surface area (Å²) in [5.41, 5.74) is -0.606. The Balaban J connectivity index is 1.30. The second kappa shape index (κ2) is 10.3. The number of alkyl halides is 5. The number of benzene rings is 2. The van der Waals surface area contributed by atoms with Gasteiger partial charge in [0.05, 0.1) is 29.9 Å². The molecular formula is C29H29F6N5O. The van der Waals surface area contributed by atoms with E-state index in [0.717, 1.165) is 30.5 Å². The molecule has 218 valence electrons. The minimum atomic E-state index is -4.59. The lowest BCUT2D eigenvalue weighted by Crippen LogP contribution is -2.55. The molecule has 0 bridgehead atoms. The number of nitrogens with zero attached hydrogens (tertiary/aromatic N) is 5. The van der Waals surface area contributed by atoms with E-state index in [4.69, 9.17) is 0 Å². The second-order valence-corrected chi connectivity index (χ2v) is 10.9. The van der Waals surface area contributed by atoms with Crippen molar-refractivity contribution in [3.8, 4) is 0 Å². The lowest BCUT2D eigenvalue weighted by Gasteiger charge is -2.46. The second-order valence-electron chi connectivity index (χ2n) is 10.9. The van der Waals surface area contributed by atoms with Crippen molar-refractivity contribution in [2.24, 2.45) is 0 Å². The molecule has 1 aliphatic carbocycles. The molecule has 1 aromatic heterocycles. The fourth-order valence-electron chi connectivity index (χ4n) is 6.10. The molecule has 2 aliphatic heterocycles. The molecule has 1 saturated carbocycles. The fourth-order valence-corrected chi connectivity index (χ4v) is 6.10. The number of piperidine rings is 1. The first kappa shape index (κ1) is 27.5. The zero-order valence-electron chi connectivity index (χ0n) is 22.3. The van der Waals surface area contributed by atoms with Gasteiger partial charge in [-0.3, -0.25) is 9.58 Å². The van der Waals surface area contributed by atoms with Gasteiger partial charge in [0.25, 0.3) is 6.43 Å². The Kier molecular flexibility index (Phi) is 6.89. The molecule has 12 heteroatoms. The van der Waals surface area contributed by atoms with Crippen LogP contribution in [0.15, 0.2) is 48.7 Å². The molecule has 1 atom stereocenters. The first-order valence-corrected chi connectivity index (χ1v) is 13.7. The number of para-hydroxylation sites is 1. The van der Waals surface area contributed by atoms with Crippen LogP contribution in [0.4, 0.5) is 42.6 Å². The van der Waals surface area contributed by atoms with E-state index in [0.29, 0.717) is 18.7 Å². The van der Waals surface area contributed by atoms with E-state index in [1.807, 2.05) is 13.1 Å². The standard InChI is InChI=1S/C29H29F6N5O/c1-17-22-16-39(19-9-10-19)36-27(22)38(15-18-5-2-3-7-23(18)29(33,34)35)28(41)40(17)20-11-13-37(14-12-20)25-21(26(31)32)6-4-8-24(25)30/h2-8,16-17,19-20,26H,9-15H2,1H3. The summed E-state index contributed by atoms with van der Waals surface area (Å²) >= 11 is 0. The zero-order valence-corrected chi connectivity index (χ0v) is 22.3. The molecule has 2 amide bonds. The number of carbonyl (C=O) groups excluding carboxylic acids is 1. The molecular weight excluding hydrogens is 548 g/mol. The van der Waals surface area contributed by atoms with Gasteiger partial charge < -0.3 is 9.80 Å². The monoisotopic (exact) mass is 577 g/mol. The smallest absolute Gasteiger partial charge is 0.369 e. The van der Waals surface area contributed by atoms with Crippen molar-refractivity contribution in [2.75, 3.05) is 22.9 Å². The van der Waals surface area contributed by atoms with Crippen LogP contribution >= 0.6 is 0 Å². The molecule has 0 radical (unpaired) electrons. The molecule has 3 aromatic rings. The van der Waals surface area contributed by atoms with Gasteiger partial charge in [-0.25, -0.2) is 18.0 Å². The molecule has 41 heavy (non-hydrogen) atoms. The van der Waals surface area contributed by atoms with E-state index in [-0.39, 0.29) is 48.5 Å². The number of hydrogen-bond donors (Lipinski definition) is 0. The molecule has 6 nitrogen and oxygen atoms in total. The summed E-state index contributed by atoms with van der Waals surface area (Å²) in [5.74, 6) is -0.372. The predicted molar refractivity (Wildman–Crippen MR) is 140 cm³/mol. The van der Waals surface area contributed by atoms with Crippen molar-refractivity contribution in [3.63, 3.8) is 0 Å². The minimum Gasteiger partial charge on any atom is -0.369 e. The molecule has 3 aliphatic rings. The lowest BCUT2D eigenvalue weighted by atomic mass is 9.96. The number of anilines is 2. The van der Waals surface area contributed by atoms with Gasteiger partial charge in [0.1, 0.15) is 5.82 Å². The highest BCUT2D eigenvalue weighted by Gasteiger charge is 2.44. The number of rotatable bonds is 6. The van der Waals surface area contributed by atoms with Crippen molar-refractivity contribution < 1.29 is 31.1 Å². The number of carbonyl (C=O) groups is 1. The van der Waals surface area contributed by atoms with Crippen LogP contribution in [-0.4, -0.2) is 39.8 Å². The van der Waals surface area contributed by atoms with Crippen LogP contribution in [0.1, 0.15) is 73.4 Å². The zero-order chi connectivity index (χ0) is 29.1. The summed E-state index contributed by atoms with van der Waals surface area (Å²) in [5, 5.41) is 4.64. The maximum Gasteiger partial charge on any atom is 0.416 e. The van der Waals surface area contributed by atoms with Crippen LogP contribution in [0.3, 0.4) is 0 Å². The third kappa shape index (κ3) is 5.01. The molecule has 3 heterocycles. The Labute approximate surface area is 233 Å². The molecule has 0 N–H and O–H groups in total. The minimum absolute atomic E-state index is 0.0383. The third-order valence-electron chi connectivity index (χ3n) is 8.31. The number of hydrogen-bond acceptors (Lipinski definition) is 3. The summed E-state index contributed by atoms with van der Waals surface area (Å²) in [6.45, 7) is 2.05. The highest BCUT2D eigenvalue weighted by atomic mass is 19.4. The fraction of sp³-hybridized carbons (Fsp3) is 0.448. The molecule has 6 rings (SSSR count). The first-order valence-electron chi connectivity index (χ1n) is 13.7. The van der Waals surface area contributed by atoms with E-state index in [1.165, 1.54) is 35.2 Å². The number of fused-ring (bicyclic) bond motifs is 1. The third-order valence-corrected chi connectivity index (χ3v) is 8.31. The SMILES string of the molecule is CC1c2cn(C3CC3)nc2N(Cc2ccccc2C(F)(F)F)C(=O)N1C1CCN(c2c(F)cccc2C(F)F)CC1. The number of aromatic nitrogens is 2. The molecule has 0 spiro atoms. The Hall–Kier alpha value is -3.70. The van der Waals surface area contributed by atoms with Gasteiger partial charge in [0.15, 0.2) is 5.82 Å². The molecule has 2 fully saturated rings. The topological polar surface area (TPSA) is 44.6 Å². The number of halogens is 6. The molecule has 1 saturated heterocycles. The Morgan fingerprint density at radius 2 is 1.68 bits per heavy atom. The predicted octanol–water partition coefficient (Wildman–Crippen LogP) is 7.49. The highest BCUT2D eigenvalue weighted by molar-refractivity contribution is 5.94. The maximum atomic E-state index is 14.6. The average molecular weight is 578 g/mol. The van der Waals surface area contributed by atoms with Crippen LogP contribution in [0, 0.1) is 5.82 Å². The van der Waals surface area contributed by atoms with Crippen LogP contribution in [-0.2, 0) is 12.7 Å². The van der Waals surface area contributed by atoms with Crippen LogP contribution < -0.4 is 9.80 Å². The highest BCUT2D eigenvalue weighted by Crippen LogP contribution is 2.44. The van der Waals surface area contributed by atoms with E-state index in [1.54, 1.807) is 14.5 Å². The van der Waals surface area contributed by atoms with Crippen molar-refractivity contribution >= 4 is 17.5 Å². The van der Waals surface area contributed by atoms with Gasteiger partial charge in [-0.05, 0) is 50.3 Å².